The van der Waals surface area contributed by atoms with Crippen molar-refractivity contribution in [3.8, 4) is 29.0 Å². The molecule has 2 saturated heterocycles. The zero-order valence-corrected chi connectivity index (χ0v) is 30.3. The van der Waals surface area contributed by atoms with E-state index in [0.29, 0.717) is 24.8 Å². The number of halogens is 3. The minimum atomic E-state index is -0.814. The van der Waals surface area contributed by atoms with Gasteiger partial charge in [0.25, 0.3) is 0 Å². The molecule has 12 nitrogen and oxygen atoms in total. The van der Waals surface area contributed by atoms with E-state index >= 15 is 4.39 Å². The number of nitriles is 1. The Kier molecular flexibility index (Phi) is 9.88. The van der Waals surface area contributed by atoms with Crippen LogP contribution >= 0.6 is 22.9 Å². The van der Waals surface area contributed by atoms with Crippen LogP contribution in [0.5, 0.6) is 11.8 Å². The van der Waals surface area contributed by atoms with Gasteiger partial charge in [-0.2, -0.15) is 15.2 Å². The smallest absolute Gasteiger partial charge is 0.318 e. The van der Waals surface area contributed by atoms with Crippen molar-refractivity contribution in [1.82, 2.24) is 19.9 Å². The van der Waals surface area contributed by atoms with Gasteiger partial charge in [-0.05, 0) is 50.9 Å². The number of benzene rings is 2. The molecule has 52 heavy (non-hydrogen) atoms. The van der Waals surface area contributed by atoms with Crippen LogP contribution in [0.1, 0.15) is 50.3 Å². The van der Waals surface area contributed by atoms with Crippen LogP contribution in [0.3, 0.4) is 0 Å². The molecule has 0 spiro atoms. The maximum atomic E-state index is 16.6. The lowest BCUT2D eigenvalue weighted by atomic mass is 9.96. The molecule has 2 aromatic carbocycles. The maximum absolute atomic E-state index is 16.6. The molecule has 8 rings (SSSR count). The Bertz CT molecular complexity index is 2250. The molecule has 5 aromatic rings. The van der Waals surface area contributed by atoms with Crippen LogP contribution in [0.15, 0.2) is 35.6 Å². The lowest BCUT2D eigenvalue weighted by molar-refractivity contribution is 0.158. The zero-order chi connectivity index (χ0) is 36.7. The second-order valence-electron chi connectivity index (χ2n) is 12.6. The summed E-state index contributed by atoms with van der Waals surface area (Å²) >= 11 is 7.79. The highest BCUT2D eigenvalue weighted by Gasteiger charge is 2.34. The van der Waals surface area contributed by atoms with E-state index in [-0.39, 0.29) is 72.1 Å². The van der Waals surface area contributed by atoms with Crippen molar-refractivity contribution in [3.05, 3.63) is 58.2 Å². The van der Waals surface area contributed by atoms with E-state index in [1.165, 1.54) is 44.3 Å². The molecule has 6 heterocycles. The van der Waals surface area contributed by atoms with Crippen molar-refractivity contribution in [2.75, 3.05) is 56.3 Å². The molecule has 1 unspecified atom stereocenters. The third kappa shape index (κ3) is 6.14. The summed E-state index contributed by atoms with van der Waals surface area (Å²) in [7, 11) is 1.38. The first-order valence-corrected chi connectivity index (χ1v) is 18.0. The molecule has 4 N–H and O–H groups in total. The standard InChI is InChI=1S/C27H20ClF2N7O2S.C9H16N2O/c1-11(12-4-3-7-34-24(12)32)37-8-9-39-22-18-21(35-27(38-2)36-26(18)37)20(30)17(19(22)28)13-5-6-15(29)23-16(13)14(10-31)25(33)40-23;1-2-12-10-8-6-9-4-3-5-11(9)7-8/h3-7,11H,8-9,33H2,1-2H3,(H2,32,34);9H,2-7H2,1H3/b;10-8-/t11-;/m1./s1. The van der Waals surface area contributed by atoms with Crippen molar-refractivity contribution < 1.29 is 23.1 Å². The molecular formula is C36H36ClF2N9O3S. The van der Waals surface area contributed by atoms with Gasteiger partial charge in [0.15, 0.2) is 11.6 Å². The number of nitrogen functional groups attached to an aromatic ring is 2. The van der Waals surface area contributed by atoms with Gasteiger partial charge in [0.2, 0.25) is 0 Å². The molecular weight excluding hydrogens is 712 g/mol. The SMILES string of the molecule is CCO/N=C1/CC2CCCN2C1.COc1nc2c3c(c(Cl)c(-c4ccc(F)c5sc(N)c(C#N)c45)c(F)c3n1)OCCN2[C@H](C)c1cccnc1N. The Balaban J connectivity index is 0.000000295. The molecule has 0 aliphatic carbocycles. The van der Waals surface area contributed by atoms with Crippen LogP contribution in [0.4, 0.5) is 25.4 Å². The van der Waals surface area contributed by atoms with Crippen LogP contribution in [0.2, 0.25) is 5.02 Å². The van der Waals surface area contributed by atoms with E-state index in [1.807, 2.05) is 30.9 Å². The molecule has 3 aliphatic rings. The average molecular weight is 748 g/mol. The lowest BCUT2D eigenvalue weighted by Crippen LogP contribution is -2.31. The number of rotatable bonds is 6. The molecule has 3 aromatic heterocycles. The average Bonchev–Trinajstić information content (AvgIpc) is 3.81. The number of aromatic nitrogens is 3. The summed E-state index contributed by atoms with van der Waals surface area (Å²) in [5.41, 5.74) is 14.2. The summed E-state index contributed by atoms with van der Waals surface area (Å²) in [6, 6.07) is 8.54. The fourth-order valence-corrected chi connectivity index (χ4v) is 8.51. The molecule has 0 saturated carbocycles. The number of thiophene rings is 1. The minimum absolute atomic E-state index is 0.0341. The molecule has 3 aliphatic heterocycles. The Morgan fingerprint density at radius 3 is 2.77 bits per heavy atom. The summed E-state index contributed by atoms with van der Waals surface area (Å²) in [5, 5.41) is 14.3. The summed E-state index contributed by atoms with van der Waals surface area (Å²) in [4.78, 5) is 22.5. The number of oxime groups is 1. The maximum Gasteiger partial charge on any atom is 0.318 e. The lowest BCUT2D eigenvalue weighted by Gasteiger charge is -2.30. The topological polar surface area (TPSA) is 161 Å². The van der Waals surface area contributed by atoms with Gasteiger partial charge in [0, 0.05) is 41.7 Å². The van der Waals surface area contributed by atoms with Crippen molar-refractivity contribution in [1.29, 1.82) is 5.26 Å². The Labute approximate surface area is 307 Å². The van der Waals surface area contributed by atoms with E-state index < -0.39 is 11.6 Å². The van der Waals surface area contributed by atoms with Crippen molar-refractivity contribution in [2.24, 2.45) is 5.16 Å². The molecule has 2 fully saturated rings. The fraction of sp³-hybridized carbons (Fsp3) is 0.361. The summed E-state index contributed by atoms with van der Waals surface area (Å²) in [6.45, 7) is 7.39. The van der Waals surface area contributed by atoms with Crippen LogP contribution in [0.25, 0.3) is 32.1 Å². The van der Waals surface area contributed by atoms with Crippen LogP contribution in [-0.4, -0.2) is 71.6 Å². The van der Waals surface area contributed by atoms with Crippen LogP contribution in [-0.2, 0) is 4.84 Å². The van der Waals surface area contributed by atoms with Crippen LogP contribution in [0, 0.1) is 23.0 Å². The summed E-state index contributed by atoms with van der Waals surface area (Å²) in [5.74, 6) is -0.570. The van der Waals surface area contributed by atoms with Crippen molar-refractivity contribution in [2.45, 2.75) is 45.2 Å². The number of nitrogens with two attached hydrogens (primary N) is 2. The molecule has 0 amide bonds. The first kappa shape index (κ1) is 35.4. The highest BCUT2D eigenvalue weighted by Crippen LogP contribution is 2.51. The molecule has 0 radical (unpaired) electrons. The monoisotopic (exact) mass is 747 g/mol. The highest BCUT2D eigenvalue weighted by molar-refractivity contribution is 7.23. The Hall–Kier alpha value is -5.04. The second-order valence-corrected chi connectivity index (χ2v) is 14.0. The number of hydrogen-bond donors (Lipinski definition) is 2. The number of anilines is 3. The van der Waals surface area contributed by atoms with Crippen molar-refractivity contribution in [3.63, 3.8) is 0 Å². The molecule has 16 heteroatoms. The Morgan fingerprint density at radius 1 is 1.21 bits per heavy atom. The predicted octanol–water partition coefficient (Wildman–Crippen LogP) is 7.09. The number of ether oxygens (including phenoxy) is 2. The van der Waals surface area contributed by atoms with Gasteiger partial charge in [-0.25, -0.2) is 13.8 Å². The highest BCUT2D eigenvalue weighted by atomic mass is 35.5. The van der Waals surface area contributed by atoms with Gasteiger partial charge in [-0.1, -0.05) is 28.9 Å². The van der Waals surface area contributed by atoms with E-state index in [9.17, 15) is 9.65 Å². The molecule has 270 valence electrons. The number of nitrogens with zero attached hydrogens (tertiary/aromatic N) is 7. The minimum Gasteiger partial charge on any atom is -0.489 e. The van der Waals surface area contributed by atoms with Crippen molar-refractivity contribution >= 4 is 66.3 Å². The number of methoxy groups -OCH3 is 1. The zero-order valence-electron chi connectivity index (χ0n) is 28.8. The normalized spacial score (nSPS) is 18.1. The predicted molar refractivity (Wildman–Crippen MR) is 199 cm³/mol. The van der Waals surface area contributed by atoms with Gasteiger partial charge < -0.3 is 30.7 Å². The van der Waals surface area contributed by atoms with Gasteiger partial charge in [0.05, 0.1) is 46.1 Å². The van der Waals surface area contributed by atoms with E-state index in [1.54, 1.807) is 12.3 Å². The third-order valence-electron chi connectivity index (χ3n) is 9.64. The third-order valence-corrected chi connectivity index (χ3v) is 11.0. The second kappa shape index (κ2) is 14.5. The van der Waals surface area contributed by atoms with Gasteiger partial charge in [0.1, 0.15) is 47.3 Å². The van der Waals surface area contributed by atoms with Crippen LogP contribution < -0.4 is 25.8 Å². The first-order valence-electron chi connectivity index (χ1n) is 16.9. The van der Waals surface area contributed by atoms with E-state index in [2.05, 4.69) is 25.0 Å². The first-order chi connectivity index (χ1) is 25.2. The van der Waals surface area contributed by atoms with Gasteiger partial charge >= 0.3 is 6.01 Å². The van der Waals surface area contributed by atoms with Gasteiger partial charge in [-0.3, -0.25) is 4.90 Å². The van der Waals surface area contributed by atoms with E-state index in [0.717, 1.165) is 35.9 Å². The largest absolute Gasteiger partial charge is 0.489 e. The number of pyridine rings is 1. The quantitative estimate of drug-likeness (QED) is 0.171. The summed E-state index contributed by atoms with van der Waals surface area (Å²) < 4.78 is 43.0. The Morgan fingerprint density at radius 2 is 2.04 bits per heavy atom. The fourth-order valence-electron chi connectivity index (χ4n) is 7.22. The van der Waals surface area contributed by atoms with E-state index in [4.69, 9.17) is 37.4 Å². The van der Waals surface area contributed by atoms with Gasteiger partial charge in [-0.15, -0.1) is 11.3 Å². The molecule has 0 bridgehead atoms. The number of hydrogen-bond acceptors (Lipinski definition) is 13. The summed E-state index contributed by atoms with van der Waals surface area (Å²) in [6.07, 6.45) is 5.46. The number of fused-ring (bicyclic) bond motifs is 2. The molecule has 2 atom stereocenters.